The Hall–Kier alpha value is -4.15. The number of esters is 1. The van der Waals surface area contributed by atoms with E-state index in [1.165, 1.54) is 12.0 Å². The molecule has 72 heavy (non-hydrogen) atoms. The van der Waals surface area contributed by atoms with Crippen LogP contribution in [0.1, 0.15) is 131 Å². The number of hydrogen-bond donors (Lipinski definition) is 3. The van der Waals surface area contributed by atoms with E-state index in [9.17, 15) is 39.3 Å². The lowest BCUT2D eigenvalue weighted by atomic mass is 9.78. The van der Waals surface area contributed by atoms with Crippen molar-refractivity contribution < 1.29 is 63.0 Å². The summed E-state index contributed by atoms with van der Waals surface area (Å²) in [6.07, 6.45) is 11.8. The topological polar surface area (TPSA) is 195 Å². The molecule has 400 valence electrons. The molecule has 3 fully saturated rings. The van der Waals surface area contributed by atoms with Gasteiger partial charge >= 0.3 is 5.97 Å². The van der Waals surface area contributed by atoms with E-state index in [0.29, 0.717) is 76.4 Å². The molecule has 5 rings (SSSR count). The van der Waals surface area contributed by atoms with Gasteiger partial charge in [-0.05, 0) is 119 Å². The molecule has 0 radical (unpaired) electrons. The van der Waals surface area contributed by atoms with Crippen LogP contribution in [0.4, 0.5) is 0 Å². The Labute approximate surface area is 428 Å². The molecule has 14 heteroatoms. The van der Waals surface area contributed by atoms with Crippen molar-refractivity contribution in [3.05, 3.63) is 83.5 Å². The van der Waals surface area contributed by atoms with Crippen molar-refractivity contribution in [2.75, 3.05) is 27.4 Å². The average molecular weight is 1000 g/mol. The van der Waals surface area contributed by atoms with E-state index in [-0.39, 0.29) is 54.8 Å². The Morgan fingerprint density at radius 2 is 1.58 bits per heavy atom. The summed E-state index contributed by atoms with van der Waals surface area (Å²) in [5.74, 6) is -8.08. The van der Waals surface area contributed by atoms with Crippen LogP contribution in [-0.2, 0) is 54.1 Å². The van der Waals surface area contributed by atoms with Crippen LogP contribution in [0.15, 0.2) is 77.9 Å². The molecule has 2 saturated heterocycles. The monoisotopic (exact) mass is 1000 g/mol. The SMILES string of the molecule is CO[C@@H]1C[C@H](C[C@@H](C)[C@@H]2CC(=O)[C@H](C)C=C(C)[C@@H](O)[C@@H](OC)C(=O)[C@H](C)C[C@H](C)C=CC=CC=C(C)[C@@H](OCCc3ccccc3)C[C@@H]3CC[C@@H](C)[C@@](O)(O3)C(=O)C(=O)N3CCCC[C@H]3C(=O)O2)CC[C@H]1O. The second-order valence-corrected chi connectivity index (χ2v) is 21.5. The third-order valence-electron chi connectivity index (χ3n) is 15.7. The number of benzene rings is 1. The van der Waals surface area contributed by atoms with Gasteiger partial charge in [0.05, 0.1) is 31.0 Å². The van der Waals surface area contributed by atoms with Crippen LogP contribution < -0.4 is 0 Å². The maximum atomic E-state index is 14.5. The molecule has 3 aliphatic heterocycles. The van der Waals surface area contributed by atoms with E-state index in [0.717, 1.165) is 17.6 Å². The van der Waals surface area contributed by atoms with Gasteiger partial charge in [0, 0.05) is 51.4 Å². The summed E-state index contributed by atoms with van der Waals surface area (Å²) in [5.41, 5.74) is 2.39. The van der Waals surface area contributed by atoms with E-state index in [1.54, 1.807) is 34.0 Å². The summed E-state index contributed by atoms with van der Waals surface area (Å²) in [5, 5.41) is 34.2. The largest absolute Gasteiger partial charge is 0.460 e. The number of ketones is 3. The molecule has 14 nitrogen and oxygen atoms in total. The van der Waals surface area contributed by atoms with Crippen molar-refractivity contribution in [2.24, 2.45) is 35.5 Å². The van der Waals surface area contributed by atoms with Crippen molar-refractivity contribution in [3.8, 4) is 0 Å². The number of carbonyl (C=O) groups is 5. The van der Waals surface area contributed by atoms with Crippen LogP contribution in [0, 0.1) is 35.5 Å². The summed E-state index contributed by atoms with van der Waals surface area (Å²) in [6.45, 7) is 13.2. The van der Waals surface area contributed by atoms with Crippen LogP contribution in [0.25, 0.3) is 0 Å². The maximum Gasteiger partial charge on any atom is 0.329 e. The number of aliphatic hydroxyl groups is 3. The lowest BCUT2D eigenvalue weighted by molar-refractivity contribution is -0.266. The normalized spacial score (nSPS) is 35.2. The number of methoxy groups -OCH3 is 2. The molecule has 1 amide bonds. The molecule has 1 aromatic rings. The van der Waals surface area contributed by atoms with E-state index < -0.39 is 83.9 Å². The number of carbonyl (C=O) groups excluding carboxylic acids is 5. The van der Waals surface area contributed by atoms with Crippen molar-refractivity contribution in [1.82, 2.24) is 4.90 Å². The summed E-state index contributed by atoms with van der Waals surface area (Å²) < 4.78 is 30.3. The third kappa shape index (κ3) is 15.9. The van der Waals surface area contributed by atoms with Gasteiger partial charge in [0.25, 0.3) is 11.7 Å². The average Bonchev–Trinajstić information content (AvgIpc) is 3.36. The summed E-state index contributed by atoms with van der Waals surface area (Å²) in [6, 6.07) is 8.83. The van der Waals surface area contributed by atoms with Gasteiger partial charge in [0.1, 0.15) is 30.1 Å². The molecule has 0 aromatic heterocycles. The van der Waals surface area contributed by atoms with Crippen LogP contribution >= 0.6 is 0 Å². The molecule has 4 aliphatic rings. The lowest BCUT2D eigenvalue weighted by Gasteiger charge is -2.43. The zero-order valence-corrected chi connectivity index (χ0v) is 44.4. The molecule has 2 bridgehead atoms. The van der Waals surface area contributed by atoms with E-state index in [2.05, 4.69) is 0 Å². The molecule has 1 saturated carbocycles. The van der Waals surface area contributed by atoms with Gasteiger partial charge in [-0.15, -0.1) is 0 Å². The highest BCUT2D eigenvalue weighted by atomic mass is 16.6. The number of piperidine rings is 1. The standard InChI is InChI=1S/C58H85NO13/c1-36-18-12-10-13-19-37(2)49(70-29-27-43-20-14-11-15-21-43)34-45-25-23-42(7)58(67,72-45)55(64)56(65)59-28-17-16-22-46(59)57(66)71-50(39(4)32-44-24-26-47(60)51(33-44)68-8)35-48(61)38(3)31-41(6)53(63)54(69-9)52(62)40(5)30-36/h10-15,18-21,31,36,38-40,42,44-47,49-51,53-54,60,63,67H,16-17,22-30,32-35H2,1-9H3/t36-,38-,39-,40-,42-,44+,45+,46+,47-,49+,50+,51-,53-,54+,58-/m1/s1. The first-order valence-corrected chi connectivity index (χ1v) is 26.6. The molecule has 0 spiro atoms. The summed E-state index contributed by atoms with van der Waals surface area (Å²) in [7, 11) is 2.95. The Kier molecular flexibility index (Phi) is 22.8. The fraction of sp³-hybridized carbons (Fsp3) is 0.672. The number of allylic oxidation sites excluding steroid dienone is 6. The highest BCUT2D eigenvalue weighted by Crippen LogP contribution is 2.38. The predicted octanol–water partition coefficient (Wildman–Crippen LogP) is 7.79. The molecular formula is C58H85NO13. The lowest BCUT2D eigenvalue weighted by Crippen LogP contribution is -2.61. The van der Waals surface area contributed by atoms with Crippen LogP contribution in [-0.4, -0.2) is 131 Å². The smallest absolute Gasteiger partial charge is 0.329 e. The molecule has 1 aromatic carbocycles. The van der Waals surface area contributed by atoms with Crippen molar-refractivity contribution in [3.63, 3.8) is 0 Å². The minimum atomic E-state index is -2.46. The first-order valence-electron chi connectivity index (χ1n) is 26.6. The minimum absolute atomic E-state index is 0.00296. The number of cyclic esters (lactones) is 1. The number of ether oxygens (including phenoxy) is 5. The molecular weight excluding hydrogens is 919 g/mol. The predicted molar refractivity (Wildman–Crippen MR) is 274 cm³/mol. The van der Waals surface area contributed by atoms with Gasteiger partial charge in [-0.25, -0.2) is 4.79 Å². The number of Topliss-reactive ketones (excluding diaryl/α,β-unsaturated/α-hetero) is 3. The number of fused-ring (bicyclic) bond motifs is 3. The highest BCUT2D eigenvalue weighted by molar-refractivity contribution is 6.39. The first kappa shape index (κ1) is 58.7. The van der Waals surface area contributed by atoms with Gasteiger partial charge < -0.3 is 43.9 Å². The Balaban J connectivity index is 1.48. The van der Waals surface area contributed by atoms with Crippen molar-refractivity contribution >= 4 is 29.2 Å². The van der Waals surface area contributed by atoms with E-state index >= 15 is 0 Å². The fourth-order valence-electron chi connectivity index (χ4n) is 11.0. The van der Waals surface area contributed by atoms with Gasteiger partial charge in [-0.3, -0.25) is 19.2 Å². The number of aliphatic hydroxyl groups excluding tert-OH is 2. The van der Waals surface area contributed by atoms with Crippen LogP contribution in [0.2, 0.25) is 0 Å². The van der Waals surface area contributed by atoms with Crippen LogP contribution in [0.5, 0.6) is 0 Å². The summed E-state index contributed by atoms with van der Waals surface area (Å²) >= 11 is 0. The Morgan fingerprint density at radius 3 is 2.29 bits per heavy atom. The summed E-state index contributed by atoms with van der Waals surface area (Å²) in [4.78, 5) is 72.6. The Bertz CT molecular complexity index is 2080. The van der Waals surface area contributed by atoms with Gasteiger partial charge in [0.2, 0.25) is 5.79 Å². The molecule has 15 atom stereocenters. The third-order valence-corrected chi connectivity index (χ3v) is 15.7. The molecule has 3 heterocycles. The number of amides is 1. The van der Waals surface area contributed by atoms with E-state index in [1.807, 2.05) is 88.4 Å². The van der Waals surface area contributed by atoms with Crippen molar-refractivity contribution in [1.29, 1.82) is 0 Å². The molecule has 3 N–H and O–H groups in total. The first-order chi connectivity index (χ1) is 34.3. The number of rotatable bonds is 9. The van der Waals surface area contributed by atoms with E-state index in [4.69, 9.17) is 23.7 Å². The minimum Gasteiger partial charge on any atom is -0.460 e. The zero-order chi connectivity index (χ0) is 52.7. The van der Waals surface area contributed by atoms with Gasteiger partial charge in [0.15, 0.2) is 5.78 Å². The number of hydrogen-bond acceptors (Lipinski definition) is 13. The van der Waals surface area contributed by atoms with Gasteiger partial charge in [-0.1, -0.05) is 101 Å². The van der Waals surface area contributed by atoms with Gasteiger partial charge in [-0.2, -0.15) is 0 Å². The maximum absolute atomic E-state index is 14.5. The Morgan fingerprint density at radius 1 is 0.847 bits per heavy atom. The quantitative estimate of drug-likeness (QED) is 0.123. The van der Waals surface area contributed by atoms with Crippen LogP contribution in [0.3, 0.4) is 0 Å². The zero-order valence-electron chi connectivity index (χ0n) is 44.4. The second kappa shape index (κ2) is 27.9. The fourth-order valence-corrected chi connectivity index (χ4v) is 11.0. The molecule has 0 unspecified atom stereocenters. The highest BCUT2D eigenvalue weighted by Gasteiger charge is 2.53. The molecule has 1 aliphatic carbocycles. The second-order valence-electron chi connectivity index (χ2n) is 21.5. The number of nitrogens with zero attached hydrogens (tertiary/aromatic N) is 1. The van der Waals surface area contributed by atoms with Crippen molar-refractivity contribution in [2.45, 2.75) is 186 Å².